The molecular formula is C29H35NO10S. The van der Waals surface area contributed by atoms with Gasteiger partial charge in [-0.25, -0.2) is 0 Å². The Balaban J connectivity index is 1.38. The molecule has 1 aromatic rings. The Morgan fingerprint density at radius 2 is 1.73 bits per heavy atom. The van der Waals surface area contributed by atoms with Crippen LogP contribution in [0.2, 0.25) is 0 Å². The fraction of sp³-hybridized carbons (Fsp3) is 0.621. The van der Waals surface area contributed by atoms with Crippen LogP contribution in [-0.4, -0.2) is 100 Å². The molecule has 3 heterocycles. The Morgan fingerprint density at radius 1 is 1.05 bits per heavy atom. The fourth-order valence-corrected chi connectivity index (χ4v) is 9.11. The lowest BCUT2D eigenvalue weighted by Gasteiger charge is -2.57. The second-order valence-corrected chi connectivity index (χ2v) is 12.8. The summed E-state index contributed by atoms with van der Waals surface area (Å²) in [5, 5.41) is 20.7. The second kappa shape index (κ2) is 10.5. The normalized spacial score (nSPS) is 38.4. The lowest BCUT2D eigenvalue weighted by molar-refractivity contribution is -0.236. The van der Waals surface area contributed by atoms with Crippen LogP contribution in [0.15, 0.2) is 24.3 Å². The third kappa shape index (κ3) is 4.50. The summed E-state index contributed by atoms with van der Waals surface area (Å²) in [4.78, 5) is 38.7. The van der Waals surface area contributed by atoms with Crippen LogP contribution in [-0.2, 0) is 45.2 Å². The minimum absolute atomic E-state index is 0.110. The van der Waals surface area contributed by atoms with E-state index in [2.05, 4.69) is 24.1 Å². The summed E-state index contributed by atoms with van der Waals surface area (Å²) in [7, 11) is 2.15. The smallest absolute Gasteiger partial charge is 0.303 e. The number of aliphatic hydroxyl groups excluding tert-OH is 1. The Kier molecular flexibility index (Phi) is 7.24. The summed E-state index contributed by atoms with van der Waals surface area (Å²) in [6.45, 7) is 3.99. The molecular weight excluding hydrogens is 554 g/mol. The molecule has 1 aromatic carbocycles. The third-order valence-electron chi connectivity index (χ3n) is 9.10. The summed E-state index contributed by atoms with van der Waals surface area (Å²) in [5.74, 6) is -1.14. The molecule has 10 atom stereocenters. The van der Waals surface area contributed by atoms with E-state index in [1.54, 1.807) is 6.07 Å². The Morgan fingerprint density at radius 3 is 2.41 bits per heavy atom. The second-order valence-electron chi connectivity index (χ2n) is 11.5. The average Bonchev–Trinajstić information content (AvgIpc) is 3.26. The van der Waals surface area contributed by atoms with Crippen LogP contribution in [0, 0.1) is 5.92 Å². The first-order chi connectivity index (χ1) is 19.5. The van der Waals surface area contributed by atoms with E-state index in [4.69, 9.17) is 23.7 Å². The summed E-state index contributed by atoms with van der Waals surface area (Å²) in [6.07, 6.45) is 1.10. The van der Waals surface area contributed by atoms with E-state index in [0.29, 0.717) is 5.75 Å². The number of nitrogens with zero attached hydrogens (tertiary/aromatic N) is 1. The number of aromatic hydroxyl groups is 1. The van der Waals surface area contributed by atoms with Crippen molar-refractivity contribution in [3.63, 3.8) is 0 Å². The van der Waals surface area contributed by atoms with E-state index in [-0.39, 0.29) is 34.5 Å². The van der Waals surface area contributed by atoms with Crippen molar-refractivity contribution in [3.8, 4) is 11.5 Å². The van der Waals surface area contributed by atoms with Crippen molar-refractivity contribution < 1.29 is 48.3 Å². The Hall–Kier alpha value is -2.80. The minimum atomic E-state index is -1.21. The number of benzene rings is 1. The third-order valence-corrected chi connectivity index (χ3v) is 10.5. The topological polar surface area (TPSA) is 141 Å². The van der Waals surface area contributed by atoms with Crippen LogP contribution < -0.4 is 4.74 Å². The number of phenols is 1. The predicted octanol–water partition coefficient (Wildman–Crippen LogP) is 1.45. The van der Waals surface area contributed by atoms with Gasteiger partial charge in [0.15, 0.2) is 29.8 Å². The SMILES string of the molecule is CC(=O)OC1C(CO)OC(SC2C=C[C@H]3[C@H]4Cc5ccc(O)c6c5[C@@]3(CCN4C)[C@H]2O6)C(OC(C)=O)C1OC(C)=O. The highest BCUT2D eigenvalue weighted by Gasteiger charge is 2.65. The maximum Gasteiger partial charge on any atom is 0.303 e. The van der Waals surface area contributed by atoms with Gasteiger partial charge in [-0.1, -0.05) is 18.2 Å². The molecule has 0 aromatic heterocycles. The predicted molar refractivity (Wildman–Crippen MR) is 145 cm³/mol. The molecule has 1 spiro atoms. The zero-order valence-electron chi connectivity index (χ0n) is 23.3. The van der Waals surface area contributed by atoms with Crippen molar-refractivity contribution in [2.24, 2.45) is 5.92 Å². The molecule has 2 aliphatic carbocycles. The number of likely N-dealkylation sites (tertiary alicyclic amines) is 1. The number of phenolic OH excluding ortho intramolecular Hbond substituents is 1. The maximum absolute atomic E-state index is 12.2. The number of thioether (sulfide) groups is 1. The number of aliphatic hydroxyl groups is 1. The quantitative estimate of drug-likeness (QED) is 0.282. The zero-order valence-corrected chi connectivity index (χ0v) is 24.2. The molecule has 3 aliphatic heterocycles. The first-order valence-electron chi connectivity index (χ1n) is 13.9. The van der Waals surface area contributed by atoms with Crippen LogP contribution in [0.5, 0.6) is 11.5 Å². The number of likely N-dealkylation sites (N-methyl/N-ethyl adjacent to an activating group) is 1. The molecule has 222 valence electrons. The van der Waals surface area contributed by atoms with Gasteiger partial charge in [0.05, 0.1) is 11.9 Å². The fourth-order valence-electron chi connectivity index (χ4n) is 7.60. The molecule has 11 nitrogen and oxygen atoms in total. The van der Waals surface area contributed by atoms with Gasteiger partial charge in [0.1, 0.15) is 17.6 Å². The van der Waals surface area contributed by atoms with Gasteiger partial charge in [-0.15, -0.1) is 11.8 Å². The van der Waals surface area contributed by atoms with E-state index in [0.717, 1.165) is 24.9 Å². The number of ether oxygens (including phenoxy) is 5. The number of hydrogen-bond donors (Lipinski definition) is 2. The van der Waals surface area contributed by atoms with Crippen molar-refractivity contribution in [1.82, 2.24) is 4.90 Å². The van der Waals surface area contributed by atoms with Gasteiger partial charge in [0, 0.05) is 43.7 Å². The highest BCUT2D eigenvalue weighted by atomic mass is 32.2. The van der Waals surface area contributed by atoms with Crippen molar-refractivity contribution >= 4 is 29.7 Å². The van der Waals surface area contributed by atoms with E-state index < -0.39 is 54.4 Å². The van der Waals surface area contributed by atoms with Gasteiger partial charge >= 0.3 is 17.9 Å². The molecule has 2 fully saturated rings. The number of hydrogen-bond acceptors (Lipinski definition) is 12. The van der Waals surface area contributed by atoms with Crippen molar-refractivity contribution in [1.29, 1.82) is 0 Å². The van der Waals surface area contributed by atoms with E-state index in [1.807, 2.05) is 6.07 Å². The number of carbonyl (C=O) groups is 3. The van der Waals surface area contributed by atoms with Crippen LogP contribution in [0.25, 0.3) is 0 Å². The molecule has 0 amide bonds. The lowest BCUT2D eigenvalue weighted by atomic mass is 9.53. The molecule has 2 N–H and O–H groups in total. The average molecular weight is 590 g/mol. The van der Waals surface area contributed by atoms with Crippen LogP contribution in [0.4, 0.5) is 0 Å². The van der Waals surface area contributed by atoms with Crippen LogP contribution in [0.3, 0.4) is 0 Å². The summed E-state index contributed by atoms with van der Waals surface area (Å²) in [5.41, 5.74) is 0.996. The van der Waals surface area contributed by atoms with E-state index in [9.17, 15) is 24.6 Å². The minimum Gasteiger partial charge on any atom is -0.504 e. The lowest BCUT2D eigenvalue weighted by Crippen LogP contribution is -2.65. The number of piperidine rings is 1. The molecule has 12 heteroatoms. The zero-order chi connectivity index (χ0) is 29.2. The molecule has 6 rings (SSSR count). The molecule has 0 radical (unpaired) electrons. The van der Waals surface area contributed by atoms with Crippen LogP contribution in [0.1, 0.15) is 38.3 Å². The number of esters is 3. The Labute approximate surface area is 242 Å². The largest absolute Gasteiger partial charge is 0.504 e. The van der Waals surface area contributed by atoms with Gasteiger partial charge in [-0.3, -0.25) is 14.4 Å². The first kappa shape index (κ1) is 28.3. The molecule has 6 unspecified atom stereocenters. The van der Waals surface area contributed by atoms with E-state index >= 15 is 0 Å². The summed E-state index contributed by atoms with van der Waals surface area (Å²) in [6, 6.07) is 3.98. The molecule has 5 aliphatic rings. The van der Waals surface area contributed by atoms with Gasteiger partial charge in [-0.2, -0.15) is 0 Å². The van der Waals surface area contributed by atoms with Crippen molar-refractivity contribution in [2.45, 2.75) is 86.3 Å². The Bertz CT molecular complexity index is 1290. The van der Waals surface area contributed by atoms with Gasteiger partial charge in [0.25, 0.3) is 0 Å². The van der Waals surface area contributed by atoms with Gasteiger partial charge < -0.3 is 38.8 Å². The number of rotatable bonds is 6. The summed E-state index contributed by atoms with van der Waals surface area (Å²) < 4.78 is 29.5. The highest BCUT2D eigenvalue weighted by Crippen LogP contribution is 2.63. The first-order valence-corrected chi connectivity index (χ1v) is 14.8. The van der Waals surface area contributed by atoms with Gasteiger partial charge in [0.2, 0.25) is 0 Å². The standard InChI is InChI=1S/C29H35NO10S/c1-13(32)36-24-20(12-31)39-28(26(38-15(3)34)25(24)37-14(2)33)41-21-8-6-17-18-11-16-5-7-19(35)23-22(16)29(17,27(21)40-23)9-10-30(18)4/h5-8,17-18,20-21,24-28,31,35H,9-12H2,1-4H3/t17-,18+,20?,21?,24?,25?,26?,27-,28?,29-/m0/s1. The van der Waals surface area contributed by atoms with Crippen molar-refractivity contribution in [2.75, 3.05) is 20.2 Å². The maximum atomic E-state index is 12.2. The van der Waals surface area contributed by atoms with Gasteiger partial charge in [-0.05, 0) is 38.1 Å². The summed E-state index contributed by atoms with van der Waals surface area (Å²) >= 11 is 1.34. The molecule has 2 bridgehead atoms. The van der Waals surface area contributed by atoms with Crippen LogP contribution >= 0.6 is 11.8 Å². The monoisotopic (exact) mass is 589 g/mol. The highest BCUT2D eigenvalue weighted by molar-refractivity contribution is 8.00. The molecule has 2 saturated heterocycles. The number of carbonyl (C=O) groups excluding carboxylic acids is 3. The molecule has 0 saturated carbocycles. The van der Waals surface area contributed by atoms with Crippen molar-refractivity contribution in [3.05, 3.63) is 35.4 Å². The van der Waals surface area contributed by atoms with E-state index in [1.165, 1.54) is 38.1 Å². The molecule has 41 heavy (non-hydrogen) atoms.